The SMILES string of the molecule is CNc1nc(Cl)ccc1C(=O)N1CCCC1. The van der Waals surface area contributed by atoms with Gasteiger partial charge in [-0.15, -0.1) is 0 Å². The first-order valence-corrected chi connectivity index (χ1v) is 5.74. The molecule has 1 N–H and O–H groups in total. The summed E-state index contributed by atoms with van der Waals surface area (Å²) in [6.45, 7) is 1.68. The van der Waals surface area contributed by atoms with Crippen LogP contribution >= 0.6 is 11.6 Å². The molecule has 1 aromatic heterocycles. The van der Waals surface area contributed by atoms with E-state index in [2.05, 4.69) is 10.3 Å². The van der Waals surface area contributed by atoms with Crippen LogP contribution in [0.4, 0.5) is 5.82 Å². The highest BCUT2D eigenvalue weighted by molar-refractivity contribution is 6.29. The monoisotopic (exact) mass is 239 g/mol. The average molecular weight is 240 g/mol. The number of aromatic nitrogens is 1. The number of carbonyl (C=O) groups is 1. The van der Waals surface area contributed by atoms with E-state index in [0.29, 0.717) is 16.5 Å². The molecule has 2 rings (SSSR count). The second kappa shape index (κ2) is 4.70. The Balaban J connectivity index is 2.28. The van der Waals surface area contributed by atoms with Gasteiger partial charge in [0.2, 0.25) is 0 Å². The molecule has 1 saturated heterocycles. The molecular weight excluding hydrogens is 226 g/mol. The number of halogens is 1. The van der Waals surface area contributed by atoms with Gasteiger partial charge in [-0.2, -0.15) is 0 Å². The van der Waals surface area contributed by atoms with Gasteiger partial charge in [0, 0.05) is 20.1 Å². The lowest BCUT2D eigenvalue weighted by atomic mass is 10.2. The zero-order chi connectivity index (χ0) is 11.5. The summed E-state index contributed by atoms with van der Waals surface area (Å²) in [7, 11) is 1.74. The second-order valence-corrected chi connectivity index (χ2v) is 4.17. The molecule has 5 heteroatoms. The molecule has 0 unspecified atom stereocenters. The summed E-state index contributed by atoms with van der Waals surface area (Å²) in [5.74, 6) is 0.579. The number of rotatable bonds is 2. The van der Waals surface area contributed by atoms with E-state index < -0.39 is 0 Å². The molecule has 0 atom stereocenters. The van der Waals surface area contributed by atoms with Gasteiger partial charge in [0.1, 0.15) is 11.0 Å². The summed E-state index contributed by atoms with van der Waals surface area (Å²) in [5.41, 5.74) is 0.591. The highest BCUT2D eigenvalue weighted by atomic mass is 35.5. The Morgan fingerprint density at radius 3 is 2.75 bits per heavy atom. The molecule has 0 aliphatic carbocycles. The Morgan fingerprint density at radius 2 is 2.12 bits per heavy atom. The molecular formula is C11H14ClN3O. The van der Waals surface area contributed by atoms with E-state index in [9.17, 15) is 4.79 Å². The minimum atomic E-state index is 0.0333. The van der Waals surface area contributed by atoms with Crippen LogP contribution in [-0.4, -0.2) is 35.9 Å². The van der Waals surface area contributed by atoms with Crippen LogP contribution in [0.2, 0.25) is 5.15 Å². The number of pyridine rings is 1. The molecule has 0 radical (unpaired) electrons. The van der Waals surface area contributed by atoms with Gasteiger partial charge in [-0.25, -0.2) is 4.98 Å². The van der Waals surface area contributed by atoms with Crippen LogP contribution < -0.4 is 5.32 Å². The number of hydrogen-bond acceptors (Lipinski definition) is 3. The number of nitrogens with zero attached hydrogens (tertiary/aromatic N) is 2. The number of nitrogens with one attached hydrogen (secondary N) is 1. The summed E-state index contributed by atoms with van der Waals surface area (Å²) in [4.78, 5) is 18.1. The van der Waals surface area contributed by atoms with Crippen molar-refractivity contribution in [2.45, 2.75) is 12.8 Å². The van der Waals surface area contributed by atoms with Crippen LogP contribution in [0, 0.1) is 0 Å². The maximum Gasteiger partial charge on any atom is 0.257 e. The lowest BCUT2D eigenvalue weighted by Gasteiger charge is -2.16. The van der Waals surface area contributed by atoms with E-state index >= 15 is 0 Å². The van der Waals surface area contributed by atoms with Gasteiger partial charge in [0.25, 0.3) is 5.91 Å². The Kier molecular flexibility index (Phi) is 3.29. The molecule has 0 spiro atoms. The van der Waals surface area contributed by atoms with Crippen molar-refractivity contribution in [2.24, 2.45) is 0 Å². The van der Waals surface area contributed by atoms with Crippen LogP contribution in [0.25, 0.3) is 0 Å². The van der Waals surface area contributed by atoms with Gasteiger partial charge in [-0.1, -0.05) is 11.6 Å². The van der Waals surface area contributed by atoms with Crippen LogP contribution in [0.1, 0.15) is 23.2 Å². The van der Waals surface area contributed by atoms with Crippen LogP contribution in [0.3, 0.4) is 0 Å². The van der Waals surface area contributed by atoms with Crippen molar-refractivity contribution >= 4 is 23.3 Å². The number of amides is 1. The first kappa shape index (κ1) is 11.2. The molecule has 1 aromatic rings. The molecule has 4 nitrogen and oxygen atoms in total. The molecule has 86 valence electrons. The number of carbonyl (C=O) groups excluding carboxylic acids is 1. The largest absolute Gasteiger partial charge is 0.372 e. The Labute approximate surface area is 99.6 Å². The zero-order valence-electron chi connectivity index (χ0n) is 9.16. The fourth-order valence-electron chi connectivity index (χ4n) is 1.89. The van der Waals surface area contributed by atoms with Crippen LogP contribution in [-0.2, 0) is 0 Å². The first-order valence-electron chi connectivity index (χ1n) is 5.36. The lowest BCUT2D eigenvalue weighted by molar-refractivity contribution is 0.0793. The summed E-state index contributed by atoms with van der Waals surface area (Å²) in [6.07, 6.45) is 2.17. The summed E-state index contributed by atoms with van der Waals surface area (Å²) in [6, 6.07) is 3.37. The molecule has 0 bridgehead atoms. The number of anilines is 1. The van der Waals surface area contributed by atoms with E-state index in [1.54, 1.807) is 19.2 Å². The minimum Gasteiger partial charge on any atom is -0.372 e. The quantitative estimate of drug-likeness (QED) is 0.803. The average Bonchev–Trinajstić information content (AvgIpc) is 2.81. The topological polar surface area (TPSA) is 45.2 Å². The Hall–Kier alpha value is -1.29. The zero-order valence-corrected chi connectivity index (χ0v) is 9.92. The molecule has 0 saturated carbocycles. The first-order chi connectivity index (χ1) is 7.72. The highest BCUT2D eigenvalue weighted by Gasteiger charge is 2.22. The predicted molar refractivity (Wildman–Crippen MR) is 63.9 cm³/mol. The minimum absolute atomic E-state index is 0.0333. The van der Waals surface area contributed by atoms with Gasteiger partial charge in [-0.05, 0) is 25.0 Å². The number of likely N-dealkylation sites (tertiary alicyclic amines) is 1. The van der Waals surface area contributed by atoms with Crippen molar-refractivity contribution in [3.63, 3.8) is 0 Å². The van der Waals surface area contributed by atoms with Crippen molar-refractivity contribution in [1.82, 2.24) is 9.88 Å². The van der Waals surface area contributed by atoms with Gasteiger partial charge in [0.15, 0.2) is 0 Å². The van der Waals surface area contributed by atoms with Crippen LogP contribution in [0.15, 0.2) is 12.1 Å². The predicted octanol–water partition coefficient (Wildman–Crippen LogP) is 2.01. The summed E-state index contributed by atoms with van der Waals surface area (Å²) >= 11 is 5.78. The van der Waals surface area contributed by atoms with E-state index in [0.717, 1.165) is 25.9 Å². The molecule has 1 amide bonds. The molecule has 1 fully saturated rings. The Bertz CT molecular complexity index is 402. The van der Waals surface area contributed by atoms with E-state index in [1.807, 2.05) is 4.90 Å². The maximum absolute atomic E-state index is 12.1. The normalized spacial score (nSPS) is 15.2. The second-order valence-electron chi connectivity index (χ2n) is 3.78. The van der Waals surface area contributed by atoms with Gasteiger partial charge in [0.05, 0.1) is 5.56 Å². The summed E-state index contributed by atoms with van der Waals surface area (Å²) < 4.78 is 0. The lowest BCUT2D eigenvalue weighted by Crippen LogP contribution is -2.28. The highest BCUT2D eigenvalue weighted by Crippen LogP contribution is 2.20. The number of hydrogen-bond donors (Lipinski definition) is 1. The van der Waals surface area contributed by atoms with E-state index in [-0.39, 0.29) is 5.91 Å². The third kappa shape index (κ3) is 2.11. The molecule has 16 heavy (non-hydrogen) atoms. The Morgan fingerprint density at radius 1 is 1.44 bits per heavy atom. The fourth-order valence-corrected chi connectivity index (χ4v) is 2.04. The van der Waals surface area contributed by atoms with Crippen LogP contribution in [0.5, 0.6) is 0 Å². The molecule has 0 aromatic carbocycles. The smallest absolute Gasteiger partial charge is 0.257 e. The summed E-state index contributed by atoms with van der Waals surface area (Å²) in [5, 5.41) is 3.29. The molecule has 1 aliphatic rings. The van der Waals surface area contributed by atoms with Gasteiger partial charge in [-0.3, -0.25) is 4.79 Å². The van der Waals surface area contributed by atoms with Gasteiger partial charge >= 0.3 is 0 Å². The third-order valence-corrected chi connectivity index (χ3v) is 2.93. The maximum atomic E-state index is 12.1. The van der Waals surface area contributed by atoms with Crippen molar-refractivity contribution < 1.29 is 4.79 Å². The van der Waals surface area contributed by atoms with Crippen molar-refractivity contribution in [1.29, 1.82) is 0 Å². The standard InChI is InChI=1S/C11H14ClN3O/c1-13-10-8(4-5-9(12)14-10)11(16)15-6-2-3-7-15/h4-5H,2-3,6-7H2,1H3,(H,13,14). The van der Waals surface area contributed by atoms with E-state index in [4.69, 9.17) is 11.6 Å². The van der Waals surface area contributed by atoms with Gasteiger partial charge < -0.3 is 10.2 Å². The van der Waals surface area contributed by atoms with E-state index in [1.165, 1.54) is 0 Å². The van der Waals surface area contributed by atoms with Crippen molar-refractivity contribution in [3.05, 3.63) is 22.8 Å². The fraction of sp³-hybridized carbons (Fsp3) is 0.455. The van der Waals surface area contributed by atoms with Crippen molar-refractivity contribution in [3.8, 4) is 0 Å². The molecule has 1 aliphatic heterocycles. The molecule has 2 heterocycles. The van der Waals surface area contributed by atoms with Crippen molar-refractivity contribution in [2.75, 3.05) is 25.5 Å². The third-order valence-electron chi connectivity index (χ3n) is 2.72.